The lowest BCUT2D eigenvalue weighted by Gasteiger charge is -2.19. The molecule has 0 bridgehead atoms. The molecule has 0 spiro atoms. The third kappa shape index (κ3) is 3.70. The first-order chi connectivity index (χ1) is 11.6. The van der Waals surface area contributed by atoms with Crippen LogP contribution in [-0.4, -0.2) is 15.5 Å². The topological polar surface area (TPSA) is 46.9 Å². The van der Waals surface area contributed by atoms with Crippen LogP contribution >= 0.6 is 38.5 Å². The van der Waals surface area contributed by atoms with E-state index in [0.717, 1.165) is 19.4 Å². The third-order valence-corrected chi connectivity index (χ3v) is 5.13. The largest absolute Gasteiger partial charge is 0.338 e. The van der Waals surface area contributed by atoms with Crippen molar-refractivity contribution in [2.24, 2.45) is 7.05 Å². The number of nitrogens with one attached hydrogen (secondary N) is 1. The minimum absolute atomic E-state index is 0.127. The molecule has 2 aromatic carbocycles. The van der Waals surface area contributed by atoms with Crippen molar-refractivity contribution in [1.29, 1.82) is 0 Å². The van der Waals surface area contributed by atoms with Crippen molar-refractivity contribution in [2.45, 2.75) is 6.04 Å². The number of imidazole rings is 1. The van der Waals surface area contributed by atoms with Gasteiger partial charge in [0.15, 0.2) is 0 Å². The smallest absolute Gasteiger partial charge is 0.253 e. The van der Waals surface area contributed by atoms with Crippen molar-refractivity contribution < 1.29 is 4.79 Å². The zero-order chi connectivity index (χ0) is 17.1. The molecule has 0 saturated heterocycles. The summed E-state index contributed by atoms with van der Waals surface area (Å²) in [4.78, 5) is 17.3. The molecule has 3 rings (SSSR count). The predicted octanol–water partition coefficient (Wildman–Crippen LogP) is 4.31. The maximum Gasteiger partial charge on any atom is 0.253 e. The van der Waals surface area contributed by atoms with Crippen LogP contribution in [-0.2, 0) is 7.05 Å². The standard InChI is InChI=1S/C18H15BrIN3O/c1-23-10-9-21-17(23)16(12-5-3-2-4-6-12)22-18(24)14-11-13(19)7-8-15(14)20/h2-11,16H,1H3,(H,22,24)/t16-/m0/s1. The first-order valence-corrected chi connectivity index (χ1v) is 9.21. The number of nitrogens with zero attached hydrogens (tertiary/aromatic N) is 2. The molecule has 6 heteroatoms. The second-order valence-electron chi connectivity index (χ2n) is 5.34. The zero-order valence-corrected chi connectivity index (χ0v) is 16.7. The molecular formula is C18H15BrIN3O. The molecule has 0 fully saturated rings. The SMILES string of the molecule is Cn1ccnc1[C@@H](NC(=O)c1cc(Br)ccc1I)c1ccccc1. The summed E-state index contributed by atoms with van der Waals surface area (Å²) in [5.41, 5.74) is 1.63. The van der Waals surface area contributed by atoms with E-state index in [2.05, 4.69) is 48.8 Å². The van der Waals surface area contributed by atoms with E-state index in [-0.39, 0.29) is 11.9 Å². The van der Waals surface area contributed by atoms with Crippen LogP contribution in [0.25, 0.3) is 0 Å². The number of benzene rings is 2. The number of hydrogen-bond acceptors (Lipinski definition) is 2. The molecule has 1 N–H and O–H groups in total. The van der Waals surface area contributed by atoms with Crippen molar-refractivity contribution in [3.8, 4) is 0 Å². The van der Waals surface area contributed by atoms with Crippen LogP contribution in [0.5, 0.6) is 0 Å². The molecule has 0 aliphatic carbocycles. The molecule has 4 nitrogen and oxygen atoms in total. The van der Waals surface area contributed by atoms with Crippen LogP contribution in [0.3, 0.4) is 0 Å². The number of halogens is 2. The van der Waals surface area contributed by atoms with Crippen LogP contribution in [0, 0.1) is 3.57 Å². The monoisotopic (exact) mass is 495 g/mol. The Labute approximate surface area is 162 Å². The first-order valence-electron chi connectivity index (χ1n) is 7.34. The molecule has 3 aromatic rings. The quantitative estimate of drug-likeness (QED) is 0.548. The van der Waals surface area contributed by atoms with Gasteiger partial charge in [-0.15, -0.1) is 0 Å². The van der Waals surface area contributed by atoms with E-state index < -0.39 is 0 Å². The van der Waals surface area contributed by atoms with Crippen LogP contribution in [0.4, 0.5) is 0 Å². The Morgan fingerprint density at radius 3 is 2.67 bits per heavy atom. The fourth-order valence-corrected chi connectivity index (χ4v) is 3.42. The fourth-order valence-electron chi connectivity index (χ4n) is 2.48. The van der Waals surface area contributed by atoms with E-state index in [4.69, 9.17) is 0 Å². The highest BCUT2D eigenvalue weighted by atomic mass is 127. The van der Waals surface area contributed by atoms with Gasteiger partial charge in [-0.2, -0.15) is 0 Å². The maximum absolute atomic E-state index is 12.8. The average molecular weight is 496 g/mol. The number of aryl methyl sites for hydroxylation is 1. The highest BCUT2D eigenvalue weighted by molar-refractivity contribution is 14.1. The van der Waals surface area contributed by atoms with Crippen molar-refractivity contribution >= 4 is 44.4 Å². The summed E-state index contributed by atoms with van der Waals surface area (Å²) in [6, 6.07) is 15.2. The molecule has 0 saturated carbocycles. The van der Waals surface area contributed by atoms with Gasteiger partial charge in [0.05, 0.1) is 5.56 Å². The molecular weight excluding hydrogens is 481 g/mol. The highest BCUT2D eigenvalue weighted by Crippen LogP contribution is 2.23. The molecule has 1 atom stereocenters. The molecule has 1 aromatic heterocycles. The predicted molar refractivity (Wildman–Crippen MR) is 106 cm³/mol. The number of rotatable bonds is 4. The number of carbonyl (C=O) groups is 1. The Morgan fingerprint density at radius 1 is 1.25 bits per heavy atom. The highest BCUT2D eigenvalue weighted by Gasteiger charge is 2.22. The van der Waals surface area contributed by atoms with Gasteiger partial charge in [-0.3, -0.25) is 4.79 Å². The van der Waals surface area contributed by atoms with E-state index in [1.54, 1.807) is 6.20 Å². The molecule has 1 amide bonds. The van der Waals surface area contributed by atoms with Crippen LogP contribution in [0.1, 0.15) is 27.8 Å². The Kier molecular flexibility index (Phi) is 5.35. The van der Waals surface area contributed by atoms with Gasteiger partial charge in [-0.1, -0.05) is 46.3 Å². The van der Waals surface area contributed by atoms with E-state index in [1.165, 1.54) is 0 Å². The van der Waals surface area contributed by atoms with Gasteiger partial charge in [0.25, 0.3) is 5.91 Å². The molecule has 0 aliphatic heterocycles. The van der Waals surface area contributed by atoms with E-state index in [9.17, 15) is 4.79 Å². The summed E-state index contributed by atoms with van der Waals surface area (Å²) in [6.07, 6.45) is 3.61. The minimum atomic E-state index is -0.312. The summed E-state index contributed by atoms with van der Waals surface area (Å²) in [7, 11) is 1.92. The molecule has 0 unspecified atom stereocenters. The number of carbonyl (C=O) groups excluding carboxylic acids is 1. The fraction of sp³-hybridized carbons (Fsp3) is 0.111. The van der Waals surface area contributed by atoms with Gasteiger partial charge in [0.2, 0.25) is 0 Å². The number of hydrogen-bond donors (Lipinski definition) is 1. The third-order valence-electron chi connectivity index (χ3n) is 3.70. The second-order valence-corrected chi connectivity index (χ2v) is 7.42. The first kappa shape index (κ1) is 17.2. The molecule has 0 radical (unpaired) electrons. The minimum Gasteiger partial charge on any atom is -0.338 e. The summed E-state index contributed by atoms with van der Waals surface area (Å²) >= 11 is 5.60. The van der Waals surface area contributed by atoms with Crippen LogP contribution in [0.2, 0.25) is 0 Å². The zero-order valence-electron chi connectivity index (χ0n) is 12.9. The van der Waals surface area contributed by atoms with Gasteiger partial charge in [0, 0.05) is 27.5 Å². The lowest BCUT2D eigenvalue weighted by molar-refractivity contribution is 0.0940. The number of amides is 1. The van der Waals surface area contributed by atoms with E-state index in [0.29, 0.717) is 5.56 Å². The van der Waals surface area contributed by atoms with Gasteiger partial charge >= 0.3 is 0 Å². The lowest BCUT2D eigenvalue weighted by atomic mass is 10.1. The molecule has 122 valence electrons. The summed E-state index contributed by atoms with van der Waals surface area (Å²) in [5, 5.41) is 3.11. The lowest BCUT2D eigenvalue weighted by Crippen LogP contribution is -2.31. The van der Waals surface area contributed by atoms with Gasteiger partial charge in [-0.25, -0.2) is 4.98 Å². The van der Waals surface area contributed by atoms with Gasteiger partial charge in [0.1, 0.15) is 11.9 Å². The Balaban J connectivity index is 1.97. The summed E-state index contributed by atoms with van der Waals surface area (Å²) in [5.74, 6) is 0.664. The van der Waals surface area contributed by atoms with Crippen molar-refractivity contribution in [3.05, 3.63) is 85.9 Å². The normalized spacial score (nSPS) is 12.0. The maximum atomic E-state index is 12.8. The van der Waals surface area contributed by atoms with Crippen molar-refractivity contribution in [1.82, 2.24) is 14.9 Å². The van der Waals surface area contributed by atoms with Crippen molar-refractivity contribution in [3.63, 3.8) is 0 Å². The Bertz CT molecular complexity index is 864. The molecule has 0 aliphatic rings. The summed E-state index contributed by atoms with van der Waals surface area (Å²) in [6.45, 7) is 0. The van der Waals surface area contributed by atoms with Crippen molar-refractivity contribution in [2.75, 3.05) is 0 Å². The molecule has 1 heterocycles. The Hall–Kier alpha value is -1.67. The number of aromatic nitrogens is 2. The van der Waals surface area contributed by atoms with E-state index in [1.807, 2.05) is 66.3 Å². The molecule has 24 heavy (non-hydrogen) atoms. The van der Waals surface area contributed by atoms with Crippen LogP contribution in [0.15, 0.2) is 65.4 Å². The Morgan fingerprint density at radius 2 is 2.00 bits per heavy atom. The average Bonchev–Trinajstić information content (AvgIpc) is 3.01. The van der Waals surface area contributed by atoms with Gasteiger partial charge in [-0.05, 0) is 46.4 Å². The van der Waals surface area contributed by atoms with Crippen LogP contribution < -0.4 is 5.32 Å². The summed E-state index contributed by atoms with van der Waals surface area (Å²) < 4.78 is 3.70. The van der Waals surface area contributed by atoms with Gasteiger partial charge < -0.3 is 9.88 Å². The van der Waals surface area contributed by atoms with E-state index >= 15 is 0 Å². The second kappa shape index (κ2) is 7.48.